The van der Waals surface area contributed by atoms with Crippen molar-refractivity contribution in [1.29, 1.82) is 0 Å². The Morgan fingerprint density at radius 3 is 2.50 bits per heavy atom. The van der Waals surface area contributed by atoms with Gasteiger partial charge >= 0.3 is 5.97 Å². The van der Waals surface area contributed by atoms with E-state index in [4.69, 9.17) is 4.52 Å². The lowest BCUT2D eigenvalue weighted by Crippen LogP contribution is -2.60. The highest BCUT2D eigenvalue weighted by Crippen LogP contribution is 2.34. The average molecular weight is 327 g/mol. The third-order valence-electron chi connectivity index (χ3n) is 4.99. The van der Waals surface area contributed by atoms with Gasteiger partial charge in [-0.3, -0.25) is 4.90 Å². The lowest BCUT2D eigenvalue weighted by atomic mass is 10.0. The van der Waals surface area contributed by atoms with Crippen LogP contribution in [0.15, 0.2) is 34.9 Å². The molecule has 0 saturated carbocycles. The van der Waals surface area contributed by atoms with Crippen LogP contribution in [0.4, 0.5) is 5.82 Å². The van der Waals surface area contributed by atoms with E-state index in [0.29, 0.717) is 17.6 Å². The fraction of sp³-hybridized carbons (Fsp3) is 0.444. The first-order valence-electron chi connectivity index (χ1n) is 8.51. The van der Waals surface area contributed by atoms with Crippen molar-refractivity contribution in [2.45, 2.75) is 25.3 Å². The predicted molar refractivity (Wildman–Crippen MR) is 90.3 cm³/mol. The molecular formula is C18H21N3O3. The number of benzene rings is 1. The Hall–Kier alpha value is -2.34. The molecule has 4 rings (SSSR count). The van der Waals surface area contributed by atoms with Crippen molar-refractivity contribution in [2.75, 3.05) is 31.1 Å². The molecule has 1 aromatic carbocycles. The maximum absolute atomic E-state index is 11.8. The number of aromatic nitrogens is 1. The van der Waals surface area contributed by atoms with Crippen molar-refractivity contribution in [3.05, 3.63) is 35.9 Å². The van der Waals surface area contributed by atoms with Gasteiger partial charge in [0.25, 0.3) is 0 Å². The first-order valence-corrected chi connectivity index (χ1v) is 8.51. The zero-order chi connectivity index (χ0) is 16.5. The summed E-state index contributed by atoms with van der Waals surface area (Å²) >= 11 is 0. The molecule has 0 radical (unpaired) electrons. The number of carboxylic acid groups (broad SMARTS) is 1. The molecule has 2 aliphatic rings. The van der Waals surface area contributed by atoms with E-state index >= 15 is 0 Å². The van der Waals surface area contributed by atoms with E-state index in [0.717, 1.165) is 31.7 Å². The maximum Gasteiger partial charge on any atom is 0.343 e. The van der Waals surface area contributed by atoms with Gasteiger partial charge in [-0.25, -0.2) is 4.79 Å². The molecule has 0 unspecified atom stereocenters. The van der Waals surface area contributed by atoms with E-state index in [1.165, 1.54) is 19.3 Å². The molecule has 3 heterocycles. The van der Waals surface area contributed by atoms with Crippen molar-refractivity contribution < 1.29 is 14.4 Å². The van der Waals surface area contributed by atoms with Gasteiger partial charge in [-0.15, -0.1) is 0 Å². The highest BCUT2D eigenvalue weighted by Gasteiger charge is 2.37. The van der Waals surface area contributed by atoms with Crippen molar-refractivity contribution >= 4 is 11.8 Å². The molecule has 1 aromatic heterocycles. The smallest absolute Gasteiger partial charge is 0.343 e. The van der Waals surface area contributed by atoms with E-state index in [1.807, 2.05) is 35.2 Å². The largest absolute Gasteiger partial charge is 0.477 e. The van der Waals surface area contributed by atoms with Crippen LogP contribution >= 0.6 is 0 Å². The first-order chi connectivity index (χ1) is 11.7. The summed E-state index contributed by atoms with van der Waals surface area (Å²) in [4.78, 5) is 16.3. The molecule has 0 atom stereocenters. The Bertz CT molecular complexity index is 716. The maximum atomic E-state index is 11.8. The molecule has 0 aliphatic carbocycles. The molecule has 0 spiro atoms. The second-order valence-corrected chi connectivity index (χ2v) is 6.54. The first kappa shape index (κ1) is 15.2. The van der Waals surface area contributed by atoms with Crippen molar-refractivity contribution in [1.82, 2.24) is 10.1 Å². The predicted octanol–water partition coefficient (Wildman–Crippen LogP) is 2.71. The zero-order valence-electron chi connectivity index (χ0n) is 13.5. The normalized spacial score (nSPS) is 19.2. The second-order valence-electron chi connectivity index (χ2n) is 6.54. The molecule has 0 amide bonds. The van der Waals surface area contributed by atoms with E-state index in [2.05, 4.69) is 10.1 Å². The van der Waals surface area contributed by atoms with Gasteiger partial charge in [0, 0.05) is 24.7 Å². The Balaban J connectivity index is 1.54. The minimum Gasteiger partial charge on any atom is -0.477 e. The van der Waals surface area contributed by atoms with Gasteiger partial charge in [-0.2, -0.15) is 0 Å². The monoisotopic (exact) mass is 327 g/mol. The molecule has 2 aliphatic heterocycles. The van der Waals surface area contributed by atoms with Crippen LogP contribution in [0.1, 0.15) is 29.6 Å². The third-order valence-corrected chi connectivity index (χ3v) is 4.99. The van der Waals surface area contributed by atoms with Crippen LogP contribution in [0.2, 0.25) is 0 Å². The van der Waals surface area contributed by atoms with Crippen molar-refractivity contribution in [2.24, 2.45) is 0 Å². The molecule has 24 heavy (non-hydrogen) atoms. The summed E-state index contributed by atoms with van der Waals surface area (Å²) in [6, 6.07) is 9.79. The van der Waals surface area contributed by atoms with Gasteiger partial charge in [0.1, 0.15) is 0 Å². The summed E-state index contributed by atoms with van der Waals surface area (Å²) in [6.45, 7) is 3.94. The Labute approximate surface area is 140 Å². The SMILES string of the molecule is O=C(O)c1c(N2CC(N3CCCCC3)C2)noc1-c1ccccc1. The van der Waals surface area contributed by atoms with Gasteiger partial charge in [0.05, 0.1) is 0 Å². The fourth-order valence-corrected chi connectivity index (χ4v) is 3.62. The average Bonchev–Trinajstić information content (AvgIpc) is 3.00. The standard InChI is InChI=1S/C18H21N3O3/c22-18(23)15-16(13-7-3-1-4-8-13)24-19-17(15)21-11-14(12-21)20-9-5-2-6-10-20/h1,3-4,7-8,14H,2,5-6,9-12H2,(H,22,23). The number of hydrogen-bond acceptors (Lipinski definition) is 5. The molecule has 6 nitrogen and oxygen atoms in total. The molecule has 126 valence electrons. The number of hydrogen-bond donors (Lipinski definition) is 1. The van der Waals surface area contributed by atoms with Crippen molar-refractivity contribution in [3.8, 4) is 11.3 Å². The van der Waals surface area contributed by atoms with Gasteiger partial charge in [0.2, 0.25) is 0 Å². The van der Waals surface area contributed by atoms with Crippen LogP contribution in [-0.4, -0.2) is 53.4 Å². The number of carbonyl (C=O) groups is 1. The Kier molecular flexibility index (Phi) is 3.98. The summed E-state index contributed by atoms with van der Waals surface area (Å²) < 4.78 is 5.39. The molecule has 2 aromatic rings. The summed E-state index contributed by atoms with van der Waals surface area (Å²) in [5.41, 5.74) is 0.903. The lowest BCUT2D eigenvalue weighted by Gasteiger charge is -2.46. The van der Waals surface area contributed by atoms with E-state index in [9.17, 15) is 9.90 Å². The van der Waals surface area contributed by atoms with E-state index in [1.54, 1.807) is 0 Å². The second kappa shape index (κ2) is 6.28. The van der Waals surface area contributed by atoms with Gasteiger partial charge in [-0.1, -0.05) is 41.9 Å². The number of aromatic carboxylic acids is 1. The summed E-state index contributed by atoms with van der Waals surface area (Å²) in [5, 5.41) is 13.7. The van der Waals surface area contributed by atoms with Crippen LogP contribution in [0.25, 0.3) is 11.3 Å². The number of anilines is 1. The Morgan fingerprint density at radius 2 is 1.83 bits per heavy atom. The third kappa shape index (κ3) is 2.67. The molecule has 2 saturated heterocycles. The van der Waals surface area contributed by atoms with Gasteiger partial charge in [0.15, 0.2) is 17.1 Å². The van der Waals surface area contributed by atoms with Crippen LogP contribution in [-0.2, 0) is 0 Å². The molecule has 0 bridgehead atoms. The quantitative estimate of drug-likeness (QED) is 0.931. The van der Waals surface area contributed by atoms with Crippen LogP contribution < -0.4 is 4.90 Å². The Morgan fingerprint density at radius 1 is 1.12 bits per heavy atom. The summed E-state index contributed by atoms with van der Waals surface area (Å²) in [6.07, 6.45) is 3.85. The van der Waals surface area contributed by atoms with Crippen LogP contribution in [0.5, 0.6) is 0 Å². The fourth-order valence-electron chi connectivity index (χ4n) is 3.62. The van der Waals surface area contributed by atoms with Crippen LogP contribution in [0.3, 0.4) is 0 Å². The minimum absolute atomic E-state index is 0.165. The zero-order valence-corrected chi connectivity index (χ0v) is 13.5. The molecule has 2 fully saturated rings. The molecule has 6 heteroatoms. The molecular weight excluding hydrogens is 306 g/mol. The minimum atomic E-state index is -0.994. The summed E-state index contributed by atoms with van der Waals surface area (Å²) in [5.74, 6) is -0.208. The van der Waals surface area contributed by atoms with E-state index < -0.39 is 5.97 Å². The number of likely N-dealkylation sites (tertiary alicyclic amines) is 1. The molecule has 1 N–H and O–H groups in total. The number of rotatable bonds is 4. The highest BCUT2D eigenvalue weighted by molar-refractivity contribution is 5.99. The highest BCUT2D eigenvalue weighted by atomic mass is 16.5. The number of nitrogens with zero attached hydrogens (tertiary/aromatic N) is 3. The topological polar surface area (TPSA) is 69.8 Å². The van der Waals surface area contributed by atoms with Crippen LogP contribution in [0, 0.1) is 0 Å². The lowest BCUT2D eigenvalue weighted by molar-refractivity contribution is 0.0697. The number of piperidine rings is 1. The summed E-state index contributed by atoms with van der Waals surface area (Å²) in [7, 11) is 0. The van der Waals surface area contributed by atoms with E-state index in [-0.39, 0.29) is 5.56 Å². The van der Waals surface area contributed by atoms with Gasteiger partial charge in [-0.05, 0) is 25.9 Å². The number of carboxylic acids is 1. The van der Waals surface area contributed by atoms with Crippen molar-refractivity contribution in [3.63, 3.8) is 0 Å². The van der Waals surface area contributed by atoms with Gasteiger partial charge < -0.3 is 14.5 Å².